The Labute approximate surface area is 167 Å². The van der Waals surface area contributed by atoms with Gasteiger partial charge in [-0.2, -0.15) is 0 Å². The van der Waals surface area contributed by atoms with Gasteiger partial charge in [-0.05, 0) is 33.3 Å². The molecule has 0 spiro atoms. The first-order chi connectivity index (χ1) is 13.0. The molecule has 2 saturated heterocycles. The largest absolute Gasteiger partial charge is 0.393 e. The molecule has 2 heterocycles. The van der Waals surface area contributed by atoms with E-state index in [2.05, 4.69) is 17.0 Å². The van der Waals surface area contributed by atoms with Gasteiger partial charge in [0.1, 0.15) is 28.6 Å². The Kier molecular flexibility index (Phi) is 5.66. The first kappa shape index (κ1) is 21.6. The molecule has 28 heavy (non-hydrogen) atoms. The van der Waals surface area contributed by atoms with Gasteiger partial charge in [-0.15, -0.1) is 0 Å². The zero-order chi connectivity index (χ0) is 20.8. The van der Waals surface area contributed by atoms with Gasteiger partial charge in [-0.3, -0.25) is 9.80 Å². The average molecular weight is 395 g/mol. The van der Waals surface area contributed by atoms with Crippen LogP contribution in [0.5, 0.6) is 0 Å². The van der Waals surface area contributed by atoms with Crippen LogP contribution < -0.4 is 0 Å². The lowest BCUT2D eigenvalue weighted by Gasteiger charge is -2.63. The lowest BCUT2D eigenvalue weighted by Crippen LogP contribution is -2.83. The fraction of sp³-hybridized carbons (Fsp3) is 0.714. The fourth-order valence-corrected chi connectivity index (χ4v) is 4.34. The molecule has 0 aliphatic carbocycles. The molecule has 158 valence electrons. The molecule has 2 aliphatic rings. The highest BCUT2D eigenvalue weighted by Crippen LogP contribution is 2.49. The smallest absolute Gasteiger partial charge is 0.143 e. The summed E-state index contributed by atoms with van der Waals surface area (Å²) in [6.45, 7) is 9.11. The van der Waals surface area contributed by atoms with Crippen molar-refractivity contribution >= 4 is 0 Å². The van der Waals surface area contributed by atoms with E-state index in [1.165, 1.54) is 26.3 Å². The van der Waals surface area contributed by atoms with Crippen LogP contribution in [0.15, 0.2) is 30.3 Å². The van der Waals surface area contributed by atoms with Crippen LogP contribution in [0.2, 0.25) is 0 Å². The molecule has 1 aromatic rings. The second kappa shape index (κ2) is 7.32. The topological polar surface area (TPSA) is 96.6 Å². The molecule has 2 fully saturated rings. The third kappa shape index (κ3) is 3.29. The van der Waals surface area contributed by atoms with Crippen molar-refractivity contribution in [2.24, 2.45) is 0 Å². The van der Waals surface area contributed by atoms with E-state index in [-0.39, 0.29) is 0 Å². The van der Waals surface area contributed by atoms with Gasteiger partial charge < -0.3 is 25.2 Å². The highest BCUT2D eigenvalue weighted by atomic mass is 16.6. The maximum atomic E-state index is 11.2. The fourth-order valence-electron chi connectivity index (χ4n) is 4.34. The van der Waals surface area contributed by atoms with Crippen molar-refractivity contribution in [2.45, 2.75) is 62.9 Å². The average Bonchev–Trinajstić information content (AvgIpc) is 2.66. The molecule has 5 atom stereocenters. The molecule has 7 heteroatoms. The van der Waals surface area contributed by atoms with Crippen LogP contribution in [0.3, 0.4) is 0 Å². The van der Waals surface area contributed by atoms with Gasteiger partial charge in [0.2, 0.25) is 0 Å². The Morgan fingerprint density at radius 3 is 2.04 bits per heavy atom. The maximum absolute atomic E-state index is 11.2. The monoisotopic (exact) mass is 394 g/mol. The molecule has 0 saturated carbocycles. The number of aliphatic hydroxyl groups is 4. The quantitative estimate of drug-likeness (QED) is 0.578. The summed E-state index contributed by atoms with van der Waals surface area (Å²) in [5, 5.41) is 43.2. The first-order valence-corrected chi connectivity index (χ1v) is 9.92. The summed E-state index contributed by atoms with van der Waals surface area (Å²) in [5.41, 5.74) is -5.62. The number of benzene rings is 1. The van der Waals surface area contributed by atoms with Crippen LogP contribution in [0.4, 0.5) is 0 Å². The van der Waals surface area contributed by atoms with Crippen molar-refractivity contribution in [1.29, 1.82) is 0 Å². The Morgan fingerprint density at radius 1 is 0.929 bits per heavy atom. The SMILES string of the molecule is C[C@]1(O)[C@](C)(O)[C@@](C)(O)[C@H](N2CCN(Cc3ccccc3)CC2)O[C@]1(C)CO. The van der Waals surface area contributed by atoms with Gasteiger partial charge in [0.05, 0.1) is 6.61 Å². The third-order valence-electron chi connectivity index (χ3n) is 7.11. The number of ether oxygens (including phenoxy) is 1. The normalized spacial score (nSPS) is 43.2. The molecule has 4 N–H and O–H groups in total. The van der Waals surface area contributed by atoms with Crippen molar-refractivity contribution in [1.82, 2.24) is 9.80 Å². The van der Waals surface area contributed by atoms with Gasteiger partial charge in [-0.1, -0.05) is 30.3 Å². The second-order valence-corrected chi connectivity index (χ2v) is 8.95. The Bertz CT molecular complexity index is 671. The molecular weight excluding hydrogens is 360 g/mol. The van der Waals surface area contributed by atoms with E-state index in [1.54, 1.807) is 6.92 Å². The van der Waals surface area contributed by atoms with Gasteiger partial charge in [0, 0.05) is 32.7 Å². The molecule has 3 rings (SSSR count). The van der Waals surface area contributed by atoms with Crippen LogP contribution in [-0.2, 0) is 11.3 Å². The van der Waals surface area contributed by atoms with Gasteiger partial charge in [0.25, 0.3) is 0 Å². The predicted octanol–water partition coefficient (Wildman–Crippen LogP) is 0.165. The summed E-state index contributed by atoms with van der Waals surface area (Å²) in [7, 11) is 0. The second-order valence-electron chi connectivity index (χ2n) is 8.95. The minimum Gasteiger partial charge on any atom is -0.393 e. The van der Waals surface area contributed by atoms with Crippen molar-refractivity contribution < 1.29 is 25.2 Å². The number of hydrogen-bond acceptors (Lipinski definition) is 7. The standard InChI is InChI=1S/C21H34N2O5/c1-18(15-24)20(3,26)21(4,27)19(2,25)17(28-18)23-12-10-22(11-13-23)14-16-8-6-5-7-9-16/h5-9,17,24-27H,10-15H2,1-4H3/t17-,18-,19+,20-,21-/m1/s1. The molecule has 0 unspecified atom stereocenters. The molecule has 0 amide bonds. The molecule has 0 bridgehead atoms. The van der Waals surface area contributed by atoms with E-state index in [1.807, 2.05) is 23.1 Å². The van der Waals surface area contributed by atoms with E-state index in [9.17, 15) is 20.4 Å². The van der Waals surface area contributed by atoms with Crippen molar-refractivity contribution in [3.8, 4) is 0 Å². The summed E-state index contributed by atoms with van der Waals surface area (Å²) in [6.07, 6.45) is -0.848. The van der Waals surface area contributed by atoms with Crippen molar-refractivity contribution in [3.63, 3.8) is 0 Å². The van der Waals surface area contributed by atoms with E-state index in [0.29, 0.717) is 13.1 Å². The van der Waals surface area contributed by atoms with Crippen LogP contribution >= 0.6 is 0 Å². The zero-order valence-corrected chi connectivity index (χ0v) is 17.3. The summed E-state index contributed by atoms with van der Waals surface area (Å²) >= 11 is 0. The first-order valence-electron chi connectivity index (χ1n) is 9.92. The summed E-state index contributed by atoms with van der Waals surface area (Å²) in [5.74, 6) is 0. The van der Waals surface area contributed by atoms with Crippen LogP contribution in [-0.4, -0.2) is 91.6 Å². The van der Waals surface area contributed by atoms with Crippen LogP contribution in [0.1, 0.15) is 33.3 Å². The third-order valence-corrected chi connectivity index (χ3v) is 7.11. The minimum absolute atomic E-state index is 0.475. The lowest BCUT2D eigenvalue weighted by molar-refractivity contribution is -0.396. The number of rotatable bonds is 4. The highest BCUT2D eigenvalue weighted by Gasteiger charge is 2.70. The number of piperazine rings is 1. The molecule has 2 aliphatic heterocycles. The highest BCUT2D eigenvalue weighted by molar-refractivity contribution is 5.20. The Hall–Kier alpha value is -1.06. The van der Waals surface area contributed by atoms with E-state index < -0.39 is 35.2 Å². The summed E-state index contributed by atoms with van der Waals surface area (Å²) in [4.78, 5) is 4.32. The maximum Gasteiger partial charge on any atom is 0.143 e. The lowest BCUT2D eigenvalue weighted by atomic mass is 9.63. The molecule has 1 aromatic carbocycles. The molecule has 0 radical (unpaired) electrons. The molecule has 7 nitrogen and oxygen atoms in total. The van der Waals surface area contributed by atoms with E-state index >= 15 is 0 Å². The van der Waals surface area contributed by atoms with Gasteiger partial charge >= 0.3 is 0 Å². The number of aliphatic hydroxyl groups excluding tert-OH is 1. The van der Waals surface area contributed by atoms with Gasteiger partial charge in [0.15, 0.2) is 0 Å². The number of hydrogen-bond donors (Lipinski definition) is 4. The zero-order valence-electron chi connectivity index (χ0n) is 17.3. The Morgan fingerprint density at radius 2 is 1.50 bits per heavy atom. The van der Waals surface area contributed by atoms with Crippen LogP contribution in [0, 0.1) is 0 Å². The van der Waals surface area contributed by atoms with Crippen LogP contribution in [0.25, 0.3) is 0 Å². The van der Waals surface area contributed by atoms with Crippen molar-refractivity contribution in [2.75, 3.05) is 32.8 Å². The van der Waals surface area contributed by atoms with E-state index in [4.69, 9.17) is 4.74 Å². The number of nitrogens with zero attached hydrogens (tertiary/aromatic N) is 2. The summed E-state index contributed by atoms with van der Waals surface area (Å²) in [6, 6.07) is 10.3. The molecule has 0 aromatic heterocycles. The summed E-state index contributed by atoms with van der Waals surface area (Å²) < 4.78 is 6.08. The predicted molar refractivity (Wildman–Crippen MR) is 106 cm³/mol. The van der Waals surface area contributed by atoms with E-state index in [0.717, 1.165) is 19.6 Å². The Balaban J connectivity index is 1.74. The van der Waals surface area contributed by atoms with Gasteiger partial charge in [-0.25, -0.2) is 0 Å². The van der Waals surface area contributed by atoms with Crippen molar-refractivity contribution in [3.05, 3.63) is 35.9 Å². The molecular formula is C21H34N2O5. The minimum atomic E-state index is -1.89.